The van der Waals surface area contributed by atoms with E-state index in [9.17, 15) is 4.79 Å². The van der Waals surface area contributed by atoms with Gasteiger partial charge in [0.25, 0.3) is 0 Å². The van der Waals surface area contributed by atoms with Crippen LogP contribution in [0.1, 0.15) is 37.9 Å². The second kappa shape index (κ2) is 8.53. The molecule has 1 aromatic carbocycles. The van der Waals surface area contributed by atoms with Crippen molar-refractivity contribution < 1.29 is 4.79 Å². The number of H-pyrrole nitrogens is 1. The van der Waals surface area contributed by atoms with Crippen molar-refractivity contribution >= 4 is 35.0 Å². The summed E-state index contributed by atoms with van der Waals surface area (Å²) in [5.74, 6) is 1.89. The van der Waals surface area contributed by atoms with Crippen LogP contribution in [0.15, 0.2) is 29.4 Å². The van der Waals surface area contributed by atoms with E-state index in [1.165, 1.54) is 43.9 Å². The molecule has 7 heteroatoms. The molecule has 1 heterocycles. The molecule has 2 aromatic rings. The molecule has 24 heavy (non-hydrogen) atoms. The summed E-state index contributed by atoms with van der Waals surface area (Å²) in [5.41, 5.74) is 0.622. The first-order chi connectivity index (χ1) is 11.7. The van der Waals surface area contributed by atoms with Gasteiger partial charge in [0.15, 0.2) is 0 Å². The van der Waals surface area contributed by atoms with Gasteiger partial charge in [0.2, 0.25) is 11.1 Å². The van der Waals surface area contributed by atoms with E-state index >= 15 is 0 Å². The number of aryl methyl sites for hydroxylation is 1. The molecule has 0 aliphatic heterocycles. The van der Waals surface area contributed by atoms with Crippen LogP contribution in [0, 0.1) is 5.92 Å². The SMILES string of the molecule is O=C(CSc1n[nH]c(CCC2CCCC2)n1)Nc1ccccc1Cl. The number of rotatable bonds is 7. The fourth-order valence-electron chi connectivity index (χ4n) is 2.97. The topological polar surface area (TPSA) is 70.7 Å². The minimum absolute atomic E-state index is 0.120. The maximum absolute atomic E-state index is 12.0. The molecule has 2 N–H and O–H groups in total. The van der Waals surface area contributed by atoms with Crippen molar-refractivity contribution in [2.24, 2.45) is 5.92 Å². The highest BCUT2D eigenvalue weighted by molar-refractivity contribution is 7.99. The van der Waals surface area contributed by atoms with E-state index in [0.717, 1.165) is 18.2 Å². The van der Waals surface area contributed by atoms with E-state index in [1.54, 1.807) is 12.1 Å². The van der Waals surface area contributed by atoms with Crippen LogP contribution in [-0.2, 0) is 11.2 Å². The third-order valence-corrected chi connectivity index (χ3v) is 5.43. The van der Waals surface area contributed by atoms with Gasteiger partial charge in [-0.05, 0) is 24.5 Å². The Kier molecular flexibility index (Phi) is 6.15. The number of carbonyl (C=O) groups excluding carboxylic acids is 1. The van der Waals surface area contributed by atoms with Gasteiger partial charge in [0.05, 0.1) is 16.5 Å². The number of aromatic nitrogens is 3. The van der Waals surface area contributed by atoms with Crippen LogP contribution in [0.2, 0.25) is 5.02 Å². The maximum Gasteiger partial charge on any atom is 0.234 e. The highest BCUT2D eigenvalue weighted by atomic mass is 35.5. The molecule has 0 saturated heterocycles. The lowest BCUT2D eigenvalue weighted by molar-refractivity contribution is -0.113. The molecule has 5 nitrogen and oxygen atoms in total. The average Bonchev–Trinajstić information content (AvgIpc) is 3.25. The minimum Gasteiger partial charge on any atom is -0.324 e. The highest BCUT2D eigenvalue weighted by Gasteiger charge is 2.16. The number of benzene rings is 1. The number of para-hydroxylation sites is 1. The Balaban J connectivity index is 1.43. The first-order valence-corrected chi connectivity index (χ1v) is 9.65. The summed E-state index contributed by atoms with van der Waals surface area (Å²) in [6.45, 7) is 0. The largest absolute Gasteiger partial charge is 0.324 e. The normalized spacial score (nSPS) is 14.9. The number of aromatic amines is 1. The molecule has 3 rings (SSSR count). The van der Waals surface area contributed by atoms with Crippen molar-refractivity contribution in [2.75, 3.05) is 11.1 Å². The third-order valence-electron chi connectivity index (χ3n) is 4.26. The van der Waals surface area contributed by atoms with Crippen LogP contribution in [0.3, 0.4) is 0 Å². The lowest BCUT2D eigenvalue weighted by Gasteiger charge is -2.06. The Bertz CT molecular complexity index is 685. The molecule has 0 unspecified atom stereocenters. The average molecular weight is 365 g/mol. The predicted octanol–water partition coefficient (Wildman–Crippen LogP) is 4.31. The fourth-order valence-corrected chi connectivity index (χ4v) is 3.77. The standard InChI is InChI=1S/C17H21ClN4OS/c18-13-7-3-4-8-14(13)19-16(23)11-24-17-20-15(21-22-17)10-9-12-5-1-2-6-12/h3-4,7-8,12H,1-2,5-6,9-11H2,(H,19,23)(H,20,21,22). The van der Waals surface area contributed by atoms with Crippen LogP contribution in [-0.4, -0.2) is 26.8 Å². The zero-order valence-electron chi connectivity index (χ0n) is 13.4. The Labute approximate surface area is 151 Å². The molecular weight excluding hydrogens is 344 g/mol. The summed E-state index contributed by atoms with van der Waals surface area (Å²) in [7, 11) is 0. The van der Waals surface area contributed by atoms with E-state index in [2.05, 4.69) is 20.5 Å². The molecule has 1 aromatic heterocycles. The Hall–Kier alpha value is -1.53. The van der Waals surface area contributed by atoms with Gasteiger partial charge in [0, 0.05) is 6.42 Å². The monoisotopic (exact) mass is 364 g/mol. The number of hydrogen-bond donors (Lipinski definition) is 2. The predicted molar refractivity (Wildman–Crippen MR) is 97.5 cm³/mol. The lowest BCUT2D eigenvalue weighted by Crippen LogP contribution is -2.14. The van der Waals surface area contributed by atoms with Crippen molar-refractivity contribution in [1.82, 2.24) is 15.2 Å². The summed E-state index contributed by atoms with van der Waals surface area (Å²) in [6, 6.07) is 7.18. The van der Waals surface area contributed by atoms with E-state index in [0.29, 0.717) is 15.9 Å². The molecule has 0 atom stereocenters. The number of nitrogens with one attached hydrogen (secondary N) is 2. The number of hydrogen-bond acceptors (Lipinski definition) is 4. The van der Waals surface area contributed by atoms with Crippen LogP contribution in [0.25, 0.3) is 0 Å². The molecule has 0 spiro atoms. The van der Waals surface area contributed by atoms with Crippen LogP contribution < -0.4 is 5.32 Å². The van der Waals surface area contributed by atoms with Crippen LogP contribution >= 0.6 is 23.4 Å². The maximum atomic E-state index is 12.0. The van der Waals surface area contributed by atoms with Gasteiger partial charge in [-0.2, -0.15) is 0 Å². The molecule has 1 saturated carbocycles. The third kappa shape index (κ3) is 4.98. The van der Waals surface area contributed by atoms with Gasteiger partial charge in [-0.3, -0.25) is 9.89 Å². The number of carbonyl (C=O) groups is 1. The second-order valence-electron chi connectivity index (χ2n) is 6.07. The van der Waals surface area contributed by atoms with Gasteiger partial charge >= 0.3 is 0 Å². The van der Waals surface area contributed by atoms with Crippen LogP contribution in [0.5, 0.6) is 0 Å². The first-order valence-electron chi connectivity index (χ1n) is 8.29. The zero-order valence-corrected chi connectivity index (χ0v) is 15.0. The summed E-state index contributed by atoms with van der Waals surface area (Å²) in [4.78, 5) is 16.4. The number of anilines is 1. The first kappa shape index (κ1) is 17.3. The van der Waals surface area contributed by atoms with Crippen molar-refractivity contribution in [2.45, 2.75) is 43.7 Å². The summed E-state index contributed by atoms with van der Waals surface area (Å²) in [5, 5.41) is 11.1. The summed E-state index contributed by atoms with van der Waals surface area (Å²) in [6.07, 6.45) is 7.53. The number of halogens is 1. The molecular formula is C17H21ClN4OS. The van der Waals surface area contributed by atoms with Gasteiger partial charge in [-0.25, -0.2) is 4.98 Å². The molecule has 1 aliphatic rings. The Morgan fingerprint density at radius 3 is 2.92 bits per heavy atom. The minimum atomic E-state index is -0.120. The van der Waals surface area contributed by atoms with E-state index in [1.807, 2.05) is 12.1 Å². The van der Waals surface area contributed by atoms with Gasteiger partial charge < -0.3 is 5.32 Å². The van der Waals surface area contributed by atoms with Crippen LogP contribution in [0.4, 0.5) is 5.69 Å². The van der Waals surface area contributed by atoms with Crippen molar-refractivity contribution in [3.8, 4) is 0 Å². The molecule has 128 valence electrons. The number of nitrogens with zero attached hydrogens (tertiary/aromatic N) is 2. The Morgan fingerprint density at radius 1 is 1.33 bits per heavy atom. The van der Waals surface area contributed by atoms with Gasteiger partial charge in [-0.1, -0.05) is 61.2 Å². The smallest absolute Gasteiger partial charge is 0.234 e. The van der Waals surface area contributed by atoms with Crippen molar-refractivity contribution in [1.29, 1.82) is 0 Å². The van der Waals surface area contributed by atoms with E-state index < -0.39 is 0 Å². The zero-order chi connectivity index (χ0) is 16.8. The molecule has 1 amide bonds. The second-order valence-corrected chi connectivity index (χ2v) is 7.42. The summed E-state index contributed by atoms with van der Waals surface area (Å²) < 4.78 is 0. The highest BCUT2D eigenvalue weighted by Crippen LogP contribution is 2.28. The lowest BCUT2D eigenvalue weighted by atomic mass is 10.0. The van der Waals surface area contributed by atoms with E-state index in [4.69, 9.17) is 11.6 Å². The summed E-state index contributed by atoms with van der Waals surface area (Å²) >= 11 is 7.35. The van der Waals surface area contributed by atoms with E-state index in [-0.39, 0.29) is 11.7 Å². The molecule has 0 bridgehead atoms. The van der Waals surface area contributed by atoms with Gasteiger partial charge in [0.1, 0.15) is 5.82 Å². The quantitative estimate of drug-likeness (QED) is 0.718. The molecule has 0 radical (unpaired) electrons. The van der Waals surface area contributed by atoms with Crippen molar-refractivity contribution in [3.63, 3.8) is 0 Å². The van der Waals surface area contributed by atoms with Crippen molar-refractivity contribution in [3.05, 3.63) is 35.1 Å². The Morgan fingerprint density at radius 2 is 2.12 bits per heavy atom. The fraction of sp³-hybridized carbons (Fsp3) is 0.471. The number of thioether (sulfide) groups is 1. The number of amides is 1. The molecule has 1 fully saturated rings. The molecule has 1 aliphatic carbocycles. The van der Waals surface area contributed by atoms with Gasteiger partial charge in [-0.15, -0.1) is 5.10 Å².